The molecule has 0 saturated heterocycles. The molecule has 1 unspecified atom stereocenters. The van der Waals surface area contributed by atoms with Gasteiger partial charge < -0.3 is 10.2 Å². The smallest absolute Gasteiger partial charge is 0.0894 e. The molecule has 74 valence electrons. The highest BCUT2D eigenvalue weighted by atomic mass is 19.1. The minimum atomic E-state index is -0.564. The Labute approximate surface area is 73.4 Å². The zero-order chi connectivity index (χ0) is 9.23. The lowest BCUT2D eigenvalue weighted by atomic mass is 10.1. The molecule has 0 aliphatic heterocycles. The zero-order valence-electron chi connectivity index (χ0n) is 7.51. The molecular weight excluding hydrogens is 159 g/mol. The van der Waals surface area contributed by atoms with Crippen LogP contribution in [0.25, 0.3) is 0 Å². The van der Waals surface area contributed by atoms with Crippen molar-refractivity contribution in [1.29, 1.82) is 0 Å². The molecule has 0 bridgehead atoms. The Balaban J connectivity index is 2.90. The van der Waals surface area contributed by atoms with Crippen molar-refractivity contribution in [3.8, 4) is 0 Å². The van der Waals surface area contributed by atoms with Crippen LogP contribution in [0.3, 0.4) is 0 Å². The van der Waals surface area contributed by atoms with Crippen molar-refractivity contribution in [1.82, 2.24) is 0 Å². The molecule has 2 N–H and O–H groups in total. The summed E-state index contributed by atoms with van der Waals surface area (Å²) in [5.74, 6) is 0. The maximum atomic E-state index is 11.6. The van der Waals surface area contributed by atoms with Gasteiger partial charge in [0.1, 0.15) is 0 Å². The number of rotatable bonds is 8. The molecule has 0 heterocycles. The van der Waals surface area contributed by atoms with Gasteiger partial charge in [-0.15, -0.1) is 0 Å². The van der Waals surface area contributed by atoms with Gasteiger partial charge in [0.15, 0.2) is 0 Å². The van der Waals surface area contributed by atoms with Crippen molar-refractivity contribution in [2.45, 2.75) is 44.6 Å². The molecule has 1 atom stereocenters. The van der Waals surface area contributed by atoms with E-state index in [1.165, 1.54) is 0 Å². The Kier molecular flexibility index (Phi) is 8.83. The van der Waals surface area contributed by atoms with Gasteiger partial charge in [0.2, 0.25) is 0 Å². The van der Waals surface area contributed by atoms with E-state index in [9.17, 15) is 4.39 Å². The number of unbranched alkanes of at least 4 members (excludes halogenated alkanes) is 4. The van der Waals surface area contributed by atoms with E-state index < -0.39 is 6.10 Å². The van der Waals surface area contributed by atoms with E-state index in [0.717, 1.165) is 25.7 Å². The number of aliphatic hydroxyl groups excluding tert-OH is 2. The molecule has 0 aliphatic carbocycles. The van der Waals surface area contributed by atoms with Crippen LogP contribution < -0.4 is 0 Å². The maximum absolute atomic E-state index is 11.6. The highest BCUT2D eigenvalue weighted by Crippen LogP contribution is 2.07. The summed E-state index contributed by atoms with van der Waals surface area (Å²) in [7, 11) is 0. The maximum Gasteiger partial charge on any atom is 0.0894 e. The summed E-state index contributed by atoms with van der Waals surface area (Å²) in [4.78, 5) is 0. The molecule has 0 aromatic carbocycles. The summed E-state index contributed by atoms with van der Waals surface area (Å²) >= 11 is 0. The normalized spacial score (nSPS) is 13.2. The summed E-state index contributed by atoms with van der Waals surface area (Å²) in [5, 5.41) is 17.4. The predicted molar refractivity (Wildman–Crippen MR) is 46.8 cm³/mol. The standard InChI is InChI=1S/C9H19FO2/c10-7-5-3-1-2-4-6-9(12)8-11/h9,11-12H,1-8H2. The summed E-state index contributed by atoms with van der Waals surface area (Å²) in [5.41, 5.74) is 0. The predicted octanol–water partition coefficient (Wildman–Crippen LogP) is 1.65. The van der Waals surface area contributed by atoms with E-state index in [1.807, 2.05) is 0 Å². The minimum absolute atomic E-state index is 0.148. The second kappa shape index (κ2) is 8.94. The first kappa shape index (κ1) is 11.8. The fourth-order valence-electron chi connectivity index (χ4n) is 1.10. The van der Waals surface area contributed by atoms with Gasteiger partial charge in [-0.2, -0.15) is 0 Å². The SMILES string of the molecule is OCC(O)CCCCCCCF. The molecule has 0 aliphatic rings. The number of hydrogen-bond donors (Lipinski definition) is 2. The first-order chi connectivity index (χ1) is 5.81. The lowest BCUT2D eigenvalue weighted by Gasteiger charge is -2.05. The fourth-order valence-corrected chi connectivity index (χ4v) is 1.10. The van der Waals surface area contributed by atoms with E-state index in [2.05, 4.69) is 0 Å². The van der Waals surface area contributed by atoms with Gasteiger partial charge in [0.05, 0.1) is 19.4 Å². The van der Waals surface area contributed by atoms with E-state index in [0.29, 0.717) is 12.8 Å². The third-order valence-electron chi connectivity index (χ3n) is 1.88. The van der Waals surface area contributed by atoms with Crippen molar-refractivity contribution < 1.29 is 14.6 Å². The Morgan fingerprint density at radius 1 is 1.00 bits per heavy atom. The average molecular weight is 178 g/mol. The summed E-state index contributed by atoms with van der Waals surface area (Å²) in [6, 6.07) is 0. The molecule has 0 fully saturated rings. The van der Waals surface area contributed by atoms with Gasteiger partial charge in [0, 0.05) is 0 Å². The first-order valence-corrected chi connectivity index (χ1v) is 4.66. The highest BCUT2D eigenvalue weighted by Gasteiger charge is 2.00. The monoisotopic (exact) mass is 178 g/mol. The topological polar surface area (TPSA) is 40.5 Å². The number of halogens is 1. The van der Waals surface area contributed by atoms with Crippen molar-refractivity contribution >= 4 is 0 Å². The van der Waals surface area contributed by atoms with Crippen LogP contribution >= 0.6 is 0 Å². The van der Waals surface area contributed by atoms with Crippen LogP contribution in [0.5, 0.6) is 0 Å². The Bertz CT molecular complexity index is 88.6. The number of alkyl halides is 1. The molecule has 0 amide bonds. The average Bonchev–Trinajstić information content (AvgIpc) is 2.10. The molecule has 0 saturated carbocycles. The summed E-state index contributed by atoms with van der Waals surface area (Å²) < 4.78 is 11.6. The van der Waals surface area contributed by atoms with Crippen LogP contribution in [0.4, 0.5) is 4.39 Å². The third-order valence-corrected chi connectivity index (χ3v) is 1.88. The van der Waals surface area contributed by atoms with Gasteiger partial charge in [0.25, 0.3) is 0 Å². The van der Waals surface area contributed by atoms with Crippen LogP contribution in [0, 0.1) is 0 Å². The van der Waals surface area contributed by atoms with E-state index in [-0.39, 0.29) is 13.3 Å². The van der Waals surface area contributed by atoms with Gasteiger partial charge in [-0.1, -0.05) is 25.7 Å². The largest absolute Gasteiger partial charge is 0.394 e. The molecule has 0 spiro atoms. The quantitative estimate of drug-likeness (QED) is 0.555. The molecule has 12 heavy (non-hydrogen) atoms. The lowest BCUT2D eigenvalue weighted by molar-refractivity contribution is 0.0860. The van der Waals surface area contributed by atoms with Crippen molar-refractivity contribution in [2.75, 3.05) is 13.3 Å². The second-order valence-electron chi connectivity index (χ2n) is 3.08. The van der Waals surface area contributed by atoms with Gasteiger partial charge in [-0.05, 0) is 12.8 Å². The van der Waals surface area contributed by atoms with Crippen LogP contribution in [0.2, 0.25) is 0 Å². The number of aliphatic hydroxyl groups is 2. The zero-order valence-corrected chi connectivity index (χ0v) is 7.51. The van der Waals surface area contributed by atoms with Crippen molar-refractivity contribution in [3.05, 3.63) is 0 Å². The Morgan fingerprint density at radius 3 is 2.17 bits per heavy atom. The first-order valence-electron chi connectivity index (χ1n) is 4.66. The van der Waals surface area contributed by atoms with Gasteiger partial charge in [-0.25, -0.2) is 0 Å². The van der Waals surface area contributed by atoms with E-state index >= 15 is 0 Å². The fraction of sp³-hybridized carbons (Fsp3) is 1.00. The molecule has 3 heteroatoms. The Hall–Kier alpha value is -0.150. The molecule has 2 nitrogen and oxygen atoms in total. The van der Waals surface area contributed by atoms with Crippen LogP contribution in [0.15, 0.2) is 0 Å². The minimum Gasteiger partial charge on any atom is -0.394 e. The summed E-state index contributed by atoms with van der Waals surface area (Å²) in [6.07, 6.45) is 4.67. The van der Waals surface area contributed by atoms with Crippen LogP contribution in [-0.2, 0) is 0 Å². The Morgan fingerprint density at radius 2 is 1.58 bits per heavy atom. The van der Waals surface area contributed by atoms with Crippen molar-refractivity contribution in [3.63, 3.8) is 0 Å². The van der Waals surface area contributed by atoms with Gasteiger partial charge >= 0.3 is 0 Å². The van der Waals surface area contributed by atoms with Crippen LogP contribution in [-0.4, -0.2) is 29.6 Å². The third kappa shape index (κ3) is 7.95. The molecule has 0 rings (SSSR count). The van der Waals surface area contributed by atoms with E-state index in [1.54, 1.807) is 0 Å². The highest BCUT2D eigenvalue weighted by molar-refractivity contribution is 4.53. The number of hydrogen-bond acceptors (Lipinski definition) is 2. The second-order valence-corrected chi connectivity index (χ2v) is 3.08. The molecular formula is C9H19FO2. The lowest BCUT2D eigenvalue weighted by Crippen LogP contribution is -2.10. The molecule has 0 aromatic heterocycles. The van der Waals surface area contributed by atoms with Crippen LogP contribution in [0.1, 0.15) is 38.5 Å². The summed E-state index contributed by atoms with van der Waals surface area (Å²) in [6.45, 7) is -0.371. The van der Waals surface area contributed by atoms with Gasteiger partial charge in [-0.3, -0.25) is 4.39 Å². The van der Waals surface area contributed by atoms with Crippen molar-refractivity contribution in [2.24, 2.45) is 0 Å². The molecule has 0 aromatic rings. The molecule has 0 radical (unpaired) electrons. The van der Waals surface area contributed by atoms with E-state index in [4.69, 9.17) is 10.2 Å².